The van der Waals surface area contributed by atoms with E-state index in [1.54, 1.807) is 0 Å². The van der Waals surface area contributed by atoms with E-state index < -0.39 is 51.1 Å². The summed E-state index contributed by atoms with van der Waals surface area (Å²) in [7, 11) is -4.67. The Morgan fingerprint density at radius 3 is 1.17 bits per heavy atom. The molecule has 5 N–H and O–H groups in total. The average molecular weight is 793 g/mol. The van der Waals surface area contributed by atoms with Crippen LogP contribution in [-0.4, -0.2) is 59.9 Å². The third kappa shape index (κ3) is 37.4. The molecule has 0 saturated heterocycles. The van der Waals surface area contributed by atoms with Gasteiger partial charge in [-0.05, 0) is 12.8 Å². The van der Waals surface area contributed by atoms with Gasteiger partial charge in [0, 0.05) is 12.8 Å². The van der Waals surface area contributed by atoms with Crippen molar-refractivity contribution in [3.8, 4) is 0 Å². The predicted octanol–water partition coefficient (Wildman–Crippen LogP) is 10.8. The van der Waals surface area contributed by atoms with E-state index in [4.69, 9.17) is 23.6 Å². The van der Waals surface area contributed by atoms with Crippen LogP contribution in [0, 0.1) is 0 Å². The lowest BCUT2D eigenvalue weighted by Gasteiger charge is -2.20. The SMILES string of the molecule is CCCCCCCCCCCCCCCCCC(=O)OC[C@H](COP(=O)(O)OC[C@H]([NH3+])C(=O)O)OC(=O)CCCCCCCCCCCCCCCCC. The van der Waals surface area contributed by atoms with Crippen molar-refractivity contribution >= 4 is 25.7 Å². The molecule has 0 radical (unpaired) electrons. The Morgan fingerprint density at radius 2 is 0.815 bits per heavy atom. The molecular formula is C42H83NO10P+. The number of phosphoric ester groups is 1. The molecule has 54 heavy (non-hydrogen) atoms. The Morgan fingerprint density at radius 1 is 0.500 bits per heavy atom. The molecule has 0 spiro atoms. The number of carboxylic acids is 1. The van der Waals surface area contributed by atoms with E-state index in [9.17, 15) is 23.8 Å². The summed E-state index contributed by atoms with van der Waals surface area (Å²) >= 11 is 0. The van der Waals surface area contributed by atoms with Gasteiger partial charge >= 0.3 is 25.7 Å². The van der Waals surface area contributed by atoms with Crippen molar-refractivity contribution in [2.75, 3.05) is 19.8 Å². The molecule has 0 saturated carbocycles. The number of unbranched alkanes of at least 4 members (excludes halogenated alkanes) is 28. The number of aliphatic carboxylic acids is 1. The molecule has 0 aliphatic carbocycles. The summed E-state index contributed by atoms with van der Waals surface area (Å²) in [5.41, 5.74) is 3.33. The molecule has 0 heterocycles. The molecule has 0 bridgehead atoms. The molecular weight excluding hydrogens is 709 g/mol. The maximum Gasteiger partial charge on any atom is 0.472 e. The number of hydrogen-bond acceptors (Lipinski definition) is 8. The summed E-state index contributed by atoms with van der Waals surface area (Å²) in [5, 5.41) is 8.95. The lowest BCUT2D eigenvalue weighted by molar-refractivity contribution is -0.411. The lowest BCUT2D eigenvalue weighted by Crippen LogP contribution is -2.67. The monoisotopic (exact) mass is 793 g/mol. The van der Waals surface area contributed by atoms with Gasteiger partial charge in [0.25, 0.3) is 0 Å². The zero-order valence-electron chi connectivity index (χ0n) is 34.7. The van der Waals surface area contributed by atoms with Crippen LogP contribution in [0.2, 0.25) is 0 Å². The van der Waals surface area contributed by atoms with Gasteiger partial charge in [0.2, 0.25) is 6.04 Å². The van der Waals surface area contributed by atoms with E-state index in [1.165, 1.54) is 141 Å². The molecule has 3 atom stereocenters. The third-order valence-corrected chi connectivity index (χ3v) is 10.9. The zero-order valence-corrected chi connectivity index (χ0v) is 35.6. The van der Waals surface area contributed by atoms with Crippen LogP contribution < -0.4 is 5.73 Å². The topological polar surface area (TPSA) is 173 Å². The normalized spacial score (nSPS) is 13.7. The van der Waals surface area contributed by atoms with Gasteiger partial charge in [-0.2, -0.15) is 0 Å². The van der Waals surface area contributed by atoms with E-state index in [0.29, 0.717) is 12.8 Å². The fraction of sp³-hybridized carbons (Fsp3) is 0.929. The van der Waals surface area contributed by atoms with Gasteiger partial charge in [-0.1, -0.05) is 194 Å². The highest BCUT2D eigenvalue weighted by atomic mass is 31.2. The Balaban J connectivity index is 4.31. The van der Waals surface area contributed by atoms with Crippen LogP contribution in [0.1, 0.15) is 219 Å². The number of hydrogen-bond donors (Lipinski definition) is 3. The van der Waals surface area contributed by atoms with Gasteiger partial charge in [0.05, 0.1) is 6.61 Å². The van der Waals surface area contributed by atoms with Gasteiger partial charge in [0.1, 0.15) is 13.2 Å². The Kier molecular flexibility index (Phi) is 37.3. The van der Waals surface area contributed by atoms with Crippen molar-refractivity contribution in [2.45, 2.75) is 231 Å². The van der Waals surface area contributed by atoms with Crippen molar-refractivity contribution in [1.29, 1.82) is 0 Å². The Bertz CT molecular complexity index is 937. The first-order valence-electron chi connectivity index (χ1n) is 22.1. The second-order valence-electron chi connectivity index (χ2n) is 15.3. The van der Waals surface area contributed by atoms with E-state index >= 15 is 0 Å². The summed E-state index contributed by atoms with van der Waals surface area (Å²) < 4.78 is 32.8. The second kappa shape index (κ2) is 38.4. The van der Waals surface area contributed by atoms with Crippen LogP contribution in [0.15, 0.2) is 0 Å². The van der Waals surface area contributed by atoms with Crippen LogP contribution in [-0.2, 0) is 37.5 Å². The fourth-order valence-corrected chi connectivity index (χ4v) is 7.17. The van der Waals surface area contributed by atoms with Crippen molar-refractivity contribution in [3.05, 3.63) is 0 Å². The predicted molar refractivity (Wildman–Crippen MR) is 216 cm³/mol. The minimum absolute atomic E-state index is 0.177. The van der Waals surface area contributed by atoms with Gasteiger partial charge in [-0.15, -0.1) is 0 Å². The summed E-state index contributed by atoms with van der Waals surface area (Å²) in [5.74, 6) is -2.23. The summed E-state index contributed by atoms with van der Waals surface area (Å²) in [6, 6.07) is -1.27. The highest BCUT2D eigenvalue weighted by Crippen LogP contribution is 2.43. The number of carbonyl (C=O) groups is 3. The molecule has 0 fully saturated rings. The fourth-order valence-electron chi connectivity index (χ4n) is 6.37. The first-order valence-corrected chi connectivity index (χ1v) is 23.6. The van der Waals surface area contributed by atoms with Gasteiger partial charge in [0.15, 0.2) is 6.10 Å². The smallest absolute Gasteiger partial charge is 0.472 e. The Hall–Kier alpha value is -1.52. The first-order chi connectivity index (χ1) is 26.1. The second-order valence-corrected chi connectivity index (χ2v) is 16.7. The van der Waals surface area contributed by atoms with E-state index in [-0.39, 0.29) is 19.4 Å². The van der Waals surface area contributed by atoms with Crippen LogP contribution in [0.5, 0.6) is 0 Å². The number of carboxylic acid groups (broad SMARTS) is 1. The average Bonchev–Trinajstić information content (AvgIpc) is 3.14. The van der Waals surface area contributed by atoms with Crippen molar-refractivity contribution in [3.63, 3.8) is 0 Å². The van der Waals surface area contributed by atoms with Crippen LogP contribution in [0.3, 0.4) is 0 Å². The number of quaternary nitrogens is 1. The van der Waals surface area contributed by atoms with Crippen molar-refractivity contribution in [2.24, 2.45) is 0 Å². The minimum Gasteiger partial charge on any atom is -0.477 e. The molecule has 12 heteroatoms. The van der Waals surface area contributed by atoms with Crippen LogP contribution >= 0.6 is 7.82 Å². The molecule has 0 aromatic heterocycles. The maximum atomic E-state index is 12.6. The molecule has 0 aliphatic rings. The summed E-state index contributed by atoms with van der Waals surface area (Å²) in [4.78, 5) is 46.0. The number of rotatable bonds is 42. The van der Waals surface area contributed by atoms with E-state index in [0.717, 1.165) is 38.5 Å². The zero-order chi connectivity index (χ0) is 40.0. The molecule has 11 nitrogen and oxygen atoms in total. The minimum atomic E-state index is -4.67. The molecule has 1 unspecified atom stereocenters. The Labute approximate surface area is 329 Å². The van der Waals surface area contributed by atoms with Crippen LogP contribution in [0.4, 0.5) is 0 Å². The van der Waals surface area contributed by atoms with Crippen molar-refractivity contribution < 1.29 is 53.2 Å². The third-order valence-electron chi connectivity index (χ3n) is 9.91. The highest BCUT2D eigenvalue weighted by molar-refractivity contribution is 7.47. The molecule has 0 rings (SSSR count). The summed E-state index contributed by atoms with van der Waals surface area (Å²) in [6.07, 6.45) is 36.0. The van der Waals surface area contributed by atoms with Gasteiger partial charge in [-0.3, -0.25) is 18.6 Å². The first kappa shape index (κ1) is 52.5. The highest BCUT2D eigenvalue weighted by Gasteiger charge is 2.29. The molecule has 0 amide bonds. The quantitative estimate of drug-likeness (QED) is 0.0307. The molecule has 320 valence electrons. The lowest BCUT2D eigenvalue weighted by atomic mass is 10.0. The summed E-state index contributed by atoms with van der Waals surface area (Å²) in [6.45, 7) is 2.98. The molecule has 0 aromatic carbocycles. The number of phosphoric acid groups is 1. The van der Waals surface area contributed by atoms with Gasteiger partial charge < -0.3 is 25.2 Å². The van der Waals surface area contributed by atoms with E-state index in [1.807, 2.05) is 0 Å². The molecule has 0 aliphatic heterocycles. The number of esters is 2. The number of carbonyl (C=O) groups excluding carboxylic acids is 2. The van der Waals surface area contributed by atoms with Gasteiger partial charge in [-0.25, -0.2) is 9.36 Å². The van der Waals surface area contributed by atoms with Crippen LogP contribution in [0.25, 0.3) is 0 Å². The van der Waals surface area contributed by atoms with Crippen molar-refractivity contribution in [1.82, 2.24) is 0 Å². The standard InChI is InChI=1S/C42H82NO10P/c1-3-5-7-9-11-13-15-17-19-21-23-25-27-29-31-33-40(44)50-35-38(36-51-54(48,49)52-37-39(43)42(46)47)53-41(45)34-32-30-28-26-24-22-20-18-16-14-12-10-8-6-4-2/h38-39H,3-37,43H2,1-2H3,(H,46,47)(H,48,49)/p+1/t38-,39+/m1/s1. The molecule has 0 aromatic rings. The maximum absolute atomic E-state index is 12.6. The largest absolute Gasteiger partial charge is 0.477 e. The van der Waals surface area contributed by atoms with E-state index in [2.05, 4.69) is 19.6 Å². The number of ether oxygens (including phenoxy) is 2.